The van der Waals surface area contributed by atoms with Gasteiger partial charge in [-0.15, -0.1) is 0 Å². The van der Waals surface area contributed by atoms with Gasteiger partial charge in [-0.3, -0.25) is 0 Å². The molecule has 0 spiro atoms. The third kappa shape index (κ3) is 1.78. The molecule has 0 saturated heterocycles. The van der Waals surface area contributed by atoms with Crippen molar-refractivity contribution in [2.24, 2.45) is 5.73 Å². The number of halogens is 2. The van der Waals surface area contributed by atoms with E-state index in [9.17, 15) is 4.39 Å². The molecular formula is C15H13BrFN. The molecule has 3 rings (SSSR count). The zero-order chi connectivity index (χ0) is 12.8. The van der Waals surface area contributed by atoms with Crippen molar-refractivity contribution in [1.29, 1.82) is 0 Å². The van der Waals surface area contributed by atoms with Gasteiger partial charge in [0.25, 0.3) is 0 Å². The van der Waals surface area contributed by atoms with Crippen LogP contribution in [-0.4, -0.2) is 0 Å². The van der Waals surface area contributed by atoms with Gasteiger partial charge in [0.15, 0.2) is 0 Å². The van der Waals surface area contributed by atoms with Crippen LogP contribution in [-0.2, 0) is 18.4 Å². The van der Waals surface area contributed by atoms with E-state index in [-0.39, 0.29) is 5.82 Å². The van der Waals surface area contributed by atoms with Gasteiger partial charge < -0.3 is 5.73 Å². The molecule has 0 heterocycles. The lowest BCUT2D eigenvalue weighted by Gasteiger charge is -2.25. The molecule has 0 atom stereocenters. The first-order valence-corrected chi connectivity index (χ1v) is 6.70. The van der Waals surface area contributed by atoms with Crippen molar-refractivity contribution in [3.05, 3.63) is 69.4 Å². The summed E-state index contributed by atoms with van der Waals surface area (Å²) >= 11 is 3.22. The van der Waals surface area contributed by atoms with Crippen LogP contribution in [0, 0.1) is 5.82 Å². The van der Waals surface area contributed by atoms with Gasteiger partial charge in [0.1, 0.15) is 5.82 Å². The molecule has 0 aliphatic heterocycles. The Hall–Kier alpha value is -1.19. The first kappa shape index (κ1) is 11.9. The molecule has 0 radical (unpaired) electrons. The van der Waals surface area contributed by atoms with Crippen LogP contribution in [0.4, 0.5) is 4.39 Å². The largest absolute Gasteiger partial charge is 0.321 e. The van der Waals surface area contributed by atoms with Gasteiger partial charge in [0, 0.05) is 5.56 Å². The van der Waals surface area contributed by atoms with Crippen molar-refractivity contribution in [1.82, 2.24) is 0 Å². The standard InChI is InChI=1S/C15H13BrFN/c16-13-7-3-6-12(14(13)17)15(18)8-10-4-1-2-5-11(10)9-15/h1-7H,8-9,18H2. The summed E-state index contributed by atoms with van der Waals surface area (Å²) in [7, 11) is 0. The molecule has 1 nitrogen and oxygen atoms in total. The molecule has 2 aromatic carbocycles. The highest BCUT2D eigenvalue weighted by atomic mass is 79.9. The molecule has 0 aromatic heterocycles. The highest BCUT2D eigenvalue weighted by molar-refractivity contribution is 9.10. The van der Waals surface area contributed by atoms with E-state index >= 15 is 0 Å². The number of nitrogens with two attached hydrogens (primary N) is 1. The molecule has 2 aromatic rings. The van der Waals surface area contributed by atoms with Gasteiger partial charge in [-0.1, -0.05) is 36.4 Å². The summed E-state index contributed by atoms with van der Waals surface area (Å²) in [6.45, 7) is 0. The molecule has 92 valence electrons. The maximum atomic E-state index is 14.2. The lowest BCUT2D eigenvalue weighted by molar-refractivity contribution is 0.441. The highest BCUT2D eigenvalue weighted by Crippen LogP contribution is 2.37. The van der Waals surface area contributed by atoms with Crippen molar-refractivity contribution in [2.75, 3.05) is 0 Å². The molecule has 0 saturated carbocycles. The van der Waals surface area contributed by atoms with Crippen LogP contribution in [0.3, 0.4) is 0 Å². The Morgan fingerprint density at radius 3 is 2.22 bits per heavy atom. The van der Waals surface area contributed by atoms with E-state index < -0.39 is 5.54 Å². The van der Waals surface area contributed by atoms with Crippen LogP contribution in [0.15, 0.2) is 46.9 Å². The minimum absolute atomic E-state index is 0.243. The Morgan fingerprint density at radius 2 is 1.61 bits per heavy atom. The predicted molar refractivity (Wildman–Crippen MR) is 73.8 cm³/mol. The molecule has 1 aliphatic carbocycles. The van der Waals surface area contributed by atoms with Crippen LogP contribution < -0.4 is 5.73 Å². The van der Waals surface area contributed by atoms with Gasteiger partial charge >= 0.3 is 0 Å². The van der Waals surface area contributed by atoms with Crippen molar-refractivity contribution in [3.8, 4) is 0 Å². The van der Waals surface area contributed by atoms with Crippen LogP contribution in [0.1, 0.15) is 16.7 Å². The van der Waals surface area contributed by atoms with E-state index in [4.69, 9.17) is 5.73 Å². The monoisotopic (exact) mass is 305 g/mol. The van der Waals surface area contributed by atoms with Gasteiger partial charge in [-0.2, -0.15) is 0 Å². The predicted octanol–water partition coefficient (Wildman–Crippen LogP) is 3.54. The molecular weight excluding hydrogens is 293 g/mol. The summed E-state index contributed by atoms with van der Waals surface area (Å²) in [4.78, 5) is 0. The Morgan fingerprint density at radius 1 is 1.00 bits per heavy atom. The van der Waals surface area contributed by atoms with Crippen LogP contribution in [0.2, 0.25) is 0 Å². The summed E-state index contributed by atoms with van der Waals surface area (Å²) in [6.07, 6.45) is 1.38. The Labute approximate surface area is 114 Å². The fourth-order valence-electron chi connectivity index (χ4n) is 2.72. The SMILES string of the molecule is NC1(c2cccc(Br)c2F)Cc2ccccc2C1. The van der Waals surface area contributed by atoms with Crippen LogP contribution in [0.5, 0.6) is 0 Å². The second kappa shape index (κ2) is 4.18. The maximum Gasteiger partial charge on any atom is 0.142 e. The quantitative estimate of drug-likeness (QED) is 0.857. The number of hydrogen-bond acceptors (Lipinski definition) is 1. The smallest absolute Gasteiger partial charge is 0.142 e. The highest BCUT2D eigenvalue weighted by Gasteiger charge is 2.37. The van der Waals surface area contributed by atoms with Crippen molar-refractivity contribution in [2.45, 2.75) is 18.4 Å². The zero-order valence-corrected chi connectivity index (χ0v) is 11.4. The molecule has 18 heavy (non-hydrogen) atoms. The normalized spacial score (nSPS) is 16.6. The third-order valence-electron chi connectivity index (χ3n) is 3.62. The first-order chi connectivity index (χ1) is 8.60. The van der Waals surface area contributed by atoms with Gasteiger partial charge in [0.05, 0.1) is 10.0 Å². The third-order valence-corrected chi connectivity index (χ3v) is 4.23. The number of hydrogen-bond donors (Lipinski definition) is 1. The molecule has 0 bridgehead atoms. The Balaban J connectivity index is 2.07. The van der Waals surface area contributed by atoms with E-state index in [0.717, 1.165) is 0 Å². The average Bonchev–Trinajstić information content (AvgIpc) is 2.69. The minimum Gasteiger partial charge on any atom is -0.321 e. The van der Waals surface area contributed by atoms with E-state index in [1.54, 1.807) is 12.1 Å². The van der Waals surface area contributed by atoms with Crippen molar-refractivity contribution >= 4 is 15.9 Å². The molecule has 1 aliphatic rings. The Bertz CT molecular complexity index is 584. The molecule has 0 amide bonds. The van der Waals surface area contributed by atoms with E-state index in [2.05, 4.69) is 28.1 Å². The molecule has 0 fully saturated rings. The Kier molecular flexibility index (Phi) is 2.76. The molecule has 3 heteroatoms. The fraction of sp³-hybridized carbons (Fsp3) is 0.200. The second-order valence-corrected chi connectivity index (χ2v) is 5.73. The van der Waals surface area contributed by atoms with Crippen LogP contribution >= 0.6 is 15.9 Å². The first-order valence-electron chi connectivity index (χ1n) is 5.90. The van der Waals surface area contributed by atoms with Crippen molar-refractivity contribution < 1.29 is 4.39 Å². The molecule has 2 N–H and O–H groups in total. The zero-order valence-electron chi connectivity index (χ0n) is 9.79. The van der Waals surface area contributed by atoms with Gasteiger partial charge in [-0.25, -0.2) is 4.39 Å². The summed E-state index contributed by atoms with van der Waals surface area (Å²) in [6, 6.07) is 13.5. The summed E-state index contributed by atoms with van der Waals surface area (Å²) < 4.78 is 14.7. The number of fused-ring (bicyclic) bond motifs is 1. The topological polar surface area (TPSA) is 26.0 Å². The summed E-state index contributed by atoms with van der Waals surface area (Å²) in [5, 5.41) is 0. The van der Waals surface area contributed by atoms with Gasteiger partial charge in [0.2, 0.25) is 0 Å². The van der Waals surface area contributed by atoms with E-state index in [1.165, 1.54) is 11.1 Å². The van der Waals surface area contributed by atoms with Crippen LogP contribution in [0.25, 0.3) is 0 Å². The minimum atomic E-state index is -0.627. The lowest BCUT2D eigenvalue weighted by atomic mass is 9.87. The number of benzene rings is 2. The summed E-state index contributed by atoms with van der Waals surface area (Å²) in [5.74, 6) is -0.243. The fourth-order valence-corrected chi connectivity index (χ4v) is 3.09. The second-order valence-electron chi connectivity index (χ2n) is 4.88. The van der Waals surface area contributed by atoms with Crippen molar-refractivity contribution in [3.63, 3.8) is 0 Å². The average molecular weight is 306 g/mol. The molecule has 0 unspecified atom stereocenters. The lowest BCUT2D eigenvalue weighted by Crippen LogP contribution is -2.38. The van der Waals surface area contributed by atoms with Gasteiger partial charge in [-0.05, 0) is 46.0 Å². The summed E-state index contributed by atoms with van der Waals surface area (Å²) in [5.41, 5.74) is 8.85. The number of rotatable bonds is 1. The maximum absolute atomic E-state index is 14.2. The van der Waals surface area contributed by atoms with E-state index in [0.29, 0.717) is 22.9 Å². The van der Waals surface area contributed by atoms with E-state index in [1.807, 2.05) is 18.2 Å².